The number of carboxylic acids is 1. The highest BCUT2D eigenvalue weighted by atomic mass is 31.2. The Bertz CT molecular complexity index is 1230. The van der Waals surface area contributed by atoms with Gasteiger partial charge in [0.2, 0.25) is 18.2 Å². The van der Waals surface area contributed by atoms with Gasteiger partial charge in [0.05, 0.1) is 0 Å². The summed E-state index contributed by atoms with van der Waals surface area (Å²) in [5.41, 5.74) is 4.56. The number of hydrogen-bond donors (Lipinski definition) is 1. The van der Waals surface area contributed by atoms with Crippen molar-refractivity contribution in [2.75, 3.05) is 0 Å². The lowest BCUT2D eigenvalue weighted by atomic mass is 10.0. The number of carbonyl (C=O) groups excluding carboxylic acids is 2. The highest BCUT2D eigenvalue weighted by molar-refractivity contribution is 8.01. The van der Waals surface area contributed by atoms with Gasteiger partial charge in [0.1, 0.15) is 0 Å². The summed E-state index contributed by atoms with van der Waals surface area (Å²) in [6, 6.07) is 16.0. The molecule has 0 aliphatic carbocycles. The van der Waals surface area contributed by atoms with Gasteiger partial charge >= 0.3 is 5.97 Å². The molecule has 182 valence electrons. The summed E-state index contributed by atoms with van der Waals surface area (Å²) < 4.78 is 14.5. The summed E-state index contributed by atoms with van der Waals surface area (Å²) >= 11 is 0. The van der Waals surface area contributed by atoms with E-state index in [-0.39, 0.29) is 5.30 Å². The van der Waals surface area contributed by atoms with Crippen molar-refractivity contribution < 1.29 is 24.1 Å². The smallest absolute Gasteiger partial charge is 0.327 e. The molecule has 0 spiro atoms. The maximum atomic E-state index is 14.5. The highest BCUT2D eigenvalue weighted by Crippen LogP contribution is 2.52. The minimum atomic E-state index is -4.11. The number of aryl methyl sites for hydroxylation is 6. The molecule has 0 aromatic heterocycles. The summed E-state index contributed by atoms with van der Waals surface area (Å²) in [7, 11) is -4.11. The van der Waals surface area contributed by atoms with Crippen LogP contribution >= 0.6 is 7.14 Å². The molecule has 0 saturated carbocycles. The Hall–Kier alpha value is -3.56. The first-order valence-corrected chi connectivity index (χ1v) is 12.8. The third-order valence-electron chi connectivity index (χ3n) is 5.65. The van der Waals surface area contributed by atoms with Gasteiger partial charge in [-0.3, -0.25) is 9.59 Å². The molecule has 0 heterocycles. The van der Waals surface area contributed by atoms with Gasteiger partial charge in [-0.1, -0.05) is 72.3 Å². The molecule has 0 saturated heterocycles. The van der Waals surface area contributed by atoms with Gasteiger partial charge in [-0.15, -0.1) is 0 Å². The van der Waals surface area contributed by atoms with Crippen molar-refractivity contribution in [3.8, 4) is 0 Å². The predicted molar refractivity (Wildman–Crippen MR) is 141 cm³/mol. The summed E-state index contributed by atoms with van der Waals surface area (Å²) in [4.78, 5) is 36.9. The van der Waals surface area contributed by atoms with Gasteiger partial charge in [-0.25, -0.2) is 4.79 Å². The highest BCUT2D eigenvalue weighted by Gasteiger charge is 2.44. The van der Waals surface area contributed by atoms with Crippen molar-refractivity contribution in [3.63, 3.8) is 0 Å². The molecule has 1 N–H and O–H groups in total. The van der Waals surface area contributed by atoms with Crippen LogP contribution in [0.1, 0.15) is 54.1 Å². The Balaban J connectivity index is 0.000000784. The maximum Gasteiger partial charge on any atom is 0.327 e. The van der Waals surface area contributed by atoms with E-state index in [4.69, 9.17) is 5.11 Å². The van der Waals surface area contributed by atoms with E-state index in [0.29, 0.717) is 11.1 Å². The van der Waals surface area contributed by atoms with E-state index in [2.05, 4.69) is 6.58 Å². The fourth-order valence-corrected chi connectivity index (χ4v) is 6.89. The van der Waals surface area contributed by atoms with Gasteiger partial charge in [0, 0.05) is 22.5 Å². The lowest BCUT2D eigenvalue weighted by Crippen LogP contribution is -2.23. The van der Waals surface area contributed by atoms with Crippen LogP contribution in [0.25, 0.3) is 0 Å². The minimum Gasteiger partial charge on any atom is -0.478 e. The molecule has 5 nitrogen and oxygen atoms in total. The van der Waals surface area contributed by atoms with Gasteiger partial charge in [0.15, 0.2) is 0 Å². The Morgan fingerprint density at radius 3 is 1.31 bits per heavy atom. The summed E-state index contributed by atoms with van der Waals surface area (Å²) in [5.74, 6) is -0.981. The van der Waals surface area contributed by atoms with Crippen LogP contribution in [0.4, 0.5) is 0 Å². The standard InChI is InChI=1S/C26H27O3P.C3H4O2/c1-16-12-18(3)23(19(4)13-16)25(27)30(29,22-10-8-7-9-11-22)26(28)24-20(5)14-17(2)15-21(24)6;1-2-3(4)5/h7-15H,1-6H3;2H,1H2,(H,4,5). The molecule has 35 heavy (non-hydrogen) atoms. The minimum absolute atomic E-state index is 0.277. The molecule has 0 atom stereocenters. The van der Waals surface area contributed by atoms with Crippen LogP contribution in [0.15, 0.2) is 67.3 Å². The van der Waals surface area contributed by atoms with Gasteiger partial charge in [-0.05, 0) is 63.8 Å². The van der Waals surface area contributed by atoms with Crippen LogP contribution in [0.3, 0.4) is 0 Å². The molecule has 0 fully saturated rings. The zero-order valence-corrected chi connectivity index (χ0v) is 21.9. The van der Waals surface area contributed by atoms with Crippen LogP contribution in [0.5, 0.6) is 0 Å². The van der Waals surface area contributed by atoms with Crippen LogP contribution in [0, 0.1) is 41.5 Å². The van der Waals surface area contributed by atoms with E-state index in [1.807, 2.05) is 65.8 Å². The molecule has 3 aromatic carbocycles. The maximum absolute atomic E-state index is 14.5. The Kier molecular flexibility index (Phi) is 8.89. The topological polar surface area (TPSA) is 88.5 Å². The fourth-order valence-electron chi connectivity index (χ4n) is 4.31. The Morgan fingerprint density at radius 1 is 0.714 bits per heavy atom. The third kappa shape index (κ3) is 5.93. The molecule has 0 aliphatic rings. The first-order chi connectivity index (χ1) is 16.3. The Labute approximate surface area is 206 Å². The summed E-state index contributed by atoms with van der Waals surface area (Å²) in [5, 5.41) is 7.88. The number of rotatable bonds is 6. The van der Waals surface area contributed by atoms with E-state index in [1.165, 1.54) is 0 Å². The molecule has 0 unspecified atom stereocenters. The zero-order valence-electron chi connectivity index (χ0n) is 21.0. The number of carbonyl (C=O) groups is 3. The first kappa shape index (κ1) is 27.7. The summed E-state index contributed by atoms with van der Waals surface area (Å²) in [6.45, 7) is 14.2. The average molecular weight is 491 g/mol. The number of hydrogen-bond acceptors (Lipinski definition) is 4. The number of carboxylic acid groups (broad SMARTS) is 1. The van der Waals surface area contributed by atoms with Crippen molar-refractivity contribution in [2.45, 2.75) is 41.5 Å². The van der Waals surface area contributed by atoms with Crippen LogP contribution < -0.4 is 5.30 Å². The fraction of sp³-hybridized carbons (Fsp3) is 0.207. The monoisotopic (exact) mass is 490 g/mol. The molecule has 3 aromatic rings. The molecule has 0 amide bonds. The van der Waals surface area contributed by atoms with E-state index < -0.39 is 24.2 Å². The molecule has 3 rings (SSSR count). The second-order valence-electron chi connectivity index (χ2n) is 8.64. The average Bonchev–Trinajstić information content (AvgIpc) is 2.77. The van der Waals surface area contributed by atoms with Gasteiger partial charge < -0.3 is 9.67 Å². The predicted octanol–water partition coefficient (Wildman–Crippen LogP) is 6.46. The van der Waals surface area contributed by atoms with Crippen LogP contribution in [-0.2, 0) is 9.36 Å². The van der Waals surface area contributed by atoms with Gasteiger partial charge in [0.25, 0.3) is 0 Å². The molecular weight excluding hydrogens is 459 g/mol. The van der Waals surface area contributed by atoms with E-state index in [0.717, 1.165) is 39.5 Å². The Morgan fingerprint density at radius 2 is 1.03 bits per heavy atom. The van der Waals surface area contributed by atoms with Crippen molar-refractivity contribution in [2.24, 2.45) is 0 Å². The molecule has 0 bridgehead atoms. The van der Waals surface area contributed by atoms with Crippen molar-refractivity contribution in [3.05, 3.63) is 112 Å². The van der Waals surface area contributed by atoms with Crippen LogP contribution in [0.2, 0.25) is 0 Å². The molecular formula is C29H31O5P. The zero-order chi connectivity index (χ0) is 26.5. The van der Waals surface area contributed by atoms with Crippen LogP contribution in [-0.4, -0.2) is 22.1 Å². The first-order valence-electron chi connectivity index (χ1n) is 11.1. The van der Waals surface area contributed by atoms with Crippen molar-refractivity contribution >= 4 is 29.5 Å². The van der Waals surface area contributed by atoms with Gasteiger partial charge in [-0.2, -0.15) is 0 Å². The second-order valence-corrected chi connectivity index (χ2v) is 11.2. The number of aliphatic carboxylic acids is 1. The quantitative estimate of drug-likeness (QED) is 0.316. The largest absolute Gasteiger partial charge is 0.478 e. The lowest BCUT2D eigenvalue weighted by molar-refractivity contribution is -0.131. The molecule has 0 radical (unpaired) electrons. The molecule has 6 heteroatoms. The van der Waals surface area contributed by atoms with Crippen molar-refractivity contribution in [1.82, 2.24) is 0 Å². The van der Waals surface area contributed by atoms with E-state index >= 15 is 0 Å². The van der Waals surface area contributed by atoms with E-state index in [9.17, 15) is 18.9 Å². The molecule has 0 aliphatic heterocycles. The number of benzene rings is 3. The SMILES string of the molecule is C=CC(=O)O.Cc1cc(C)c(C(=O)P(=O)(C(=O)c2c(C)cc(C)cc2C)c2ccccc2)c(C)c1. The normalized spacial score (nSPS) is 10.7. The summed E-state index contributed by atoms with van der Waals surface area (Å²) in [6.07, 6.45) is 0.833. The third-order valence-corrected chi connectivity index (χ3v) is 8.26. The van der Waals surface area contributed by atoms with Crippen molar-refractivity contribution in [1.29, 1.82) is 0 Å². The lowest BCUT2D eigenvalue weighted by Gasteiger charge is -2.21. The second kappa shape index (κ2) is 11.2. The van der Waals surface area contributed by atoms with E-state index in [1.54, 1.807) is 30.3 Å².